The Balaban J connectivity index is 2.27. The van der Waals surface area contributed by atoms with Crippen LogP contribution in [-0.4, -0.2) is 11.1 Å². The Morgan fingerprint density at radius 3 is 2.50 bits per heavy atom. The summed E-state index contributed by atoms with van der Waals surface area (Å²) in [5.74, 6) is -0.922. The molecule has 0 aromatic heterocycles. The first kappa shape index (κ1) is 13.6. The summed E-state index contributed by atoms with van der Waals surface area (Å²) in [5.41, 5.74) is 0.278. The molecule has 0 aliphatic heterocycles. The fourth-order valence-electron chi connectivity index (χ4n) is 1.37. The number of hydrogen-bond donors (Lipinski definition) is 1. The molecule has 0 spiro atoms. The first-order valence-electron chi connectivity index (χ1n) is 5.02. The lowest BCUT2D eigenvalue weighted by Crippen LogP contribution is -1.95. The molecule has 2 nitrogen and oxygen atoms in total. The number of aromatic carboxylic acids is 1. The van der Waals surface area contributed by atoms with Crippen molar-refractivity contribution >= 4 is 49.6 Å². The van der Waals surface area contributed by atoms with Gasteiger partial charge in [0.2, 0.25) is 0 Å². The number of hydrogen-bond acceptors (Lipinski definition) is 2. The molecule has 0 radical (unpaired) electrons. The van der Waals surface area contributed by atoms with Crippen molar-refractivity contribution in [2.24, 2.45) is 0 Å². The highest BCUT2D eigenvalue weighted by Crippen LogP contribution is 2.34. The van der Waals surface area contributed by atoms with Crippen molar-refractivity contribution in [3.05, 3.63) is 57.0 Å². The van der Waals surface area contributed by atoms with E-state index < -0.39 is 5.97 Å². The monoisotopic (exact) mass is 386 g/mol. The molecule has 2 aromatic carbocycles. The number of carbonyl (C=O) groups is 1. The van der Waals surface area contributed by atoms with Gasteiger partial charge < -0.3 is 5.11 Å². The van der Waals surface area contributed by atoms with E-state index in [4.69, 9.17) is 5.11 Å². The Morgan fingerprint density at radius 2 is 1.89 bits per heavy atom. The second-order valence-electron chi connectivity index (χ2n) is 3.51. The third-order valence-electron chi connectivity index (χ3n) is 2.20. The highest BCUT2D eigenvalue weighted by molar-refractivity contribution is 9.10. The Bertz CT molecular complexity index is 599. The number of rotatable bonds is 3. The van der Waals surface area contributed by atoms with Crippen LogP contribution in [0.3, 0.4) is 0 Å². The number of benzene rings is 2. The summed E-state index contributed by atoms with van der Waals surface area (Å²) in [6.45, 7) is 0. The van der Waals surface area contributed by atoms with E-state index >= 15 is 0 Å². The van der Waals surface area contributed by atoms with Gasteiger partial charge in [0.15, 0.2) is 0 Å². The summed E-state index contributed by atoms with van der Waals surface area (Å²) in [7, 11) is 0. The Labute approximate surface area is 126 Å². The minimum Gasteiger partial charge on any atom is -0.478 e. The molecule has 0 saturated carbocycles. The van der Waals surface area contributed by atoms with Gasteiger partial charge in [0.25, 0.3) is 0 Å². The molecule has 1 N–H and O–H groups in total. The third-order valence-corrected chi connectivity index (χ3v) is 4.68. The molecule has 0 heterocycles. The molecule has 92 valence electrons. The van der Waals surface area contributed by atoms with Gasteiger partial charge in [0.1, 0.15) is 0 Å². The first-order chi connectivity index (χ1) is 8.56. The largest absolute Gasteiger partial charge is 0.478 e. The maximum atomic E-state index is 10.8. The van der Waals surface area contributed by atoms with Crippen LogP contribution in [0, 0.1) is 0 Å². The fraction of sp³-hybridized carbons (Fsp3) is 0. The van der Waals surface area contributed by atoms with Crippen molar-refractivity contribution in [3.8, 4) is 0 Å². The van der Waals surface area contributed by atoms with E-state index in [-0.39, 0.29) is 5.56 Å². The van der Waals surface area contributed by atoms with Crippen LogP contribution in [0.5, 0.6) is 0 Å². The molecule has 0 fully saturated rings. The van der Waals surface area contributed by atoms with E-state index in [9.17, 15) is 4.79 Å². The van der Waals surface area contributed by atoms with Crippen molar-refractivity contribution in [2.45, 2.75) is 9.79 Å². The minimum atomic E-state index is -0.922. The van der Waals surface area contributed by atoms with Crippen LogP contribution < -0.4 is 0 Å². The highest BCUT2D eigenvalue weighted by Gasteiger charge is 2.08. The second-order valence-corrected chi connectivity index (χ2v) is 6.40. The van der Waals surface area contributed by atoms with Gasteiger partial charge in [0, 0.05) is 18.7 Å². The van der Waals surface area contributed by atoms with Gasteiger partial charge in [-0.2, -0.15) is 0 Å². The van der Waals surface area contributed by atoms with Crippen molar-refractivity contribution < 1.29 is 9.90 Å². The van der Waals surface area contributed by atoms with E-state index in [1.54, 1.807) is 30.0 Å². The zero-order valence-electron chi connectivity index (χ0n) is 9.06. The molecule has 0 aliphatic carbocycles. The SMILES string of the molecule is O=C(O)c1ccc(Sc2cccc(Br)c2)c(Br)c1. The quantitative estimate of drug-likeness (QED) is 0.799. The molecule has 0 saturated heterocycles. The fourth-order valence-corrected chi connectivity index (χ4v) is 3.43. The van der Waals surface area contributed by atoms with E-state index in [0.717, 1.165) is 18.7 Å². The maximum Gasteiger partial charge on any atom is 0.335 e. The van der Waals surface area contributed by atoms with Gasteiger partial charge in [-0.15, -0.1) is 0 Å². The van der Waals surface area contributed by atoms with Gasteiger partial charge in [-0.25, -0.2) is 4.79 Å². The molecular formula is C13H8Br2O2S. The molecule has 18 heavy (non-hydrogen) atoms. The molecule has 0 aliphatic rings. The Hall–Kier alpha value is -0.780. The van der Waals surface area contributed by atoms with Crippen LogP contribution in [-0.2, 0) is 0 Å². The maximum absolute atomic E-state index is 10.8. The summed E-state index contributed by atoms with van der Waals surface area (Å²) in [6.07, 6.45) is 0. The normalized spacial score (nSPS) is 10.3. The molecule has 5 heteroatoms. The Morgan fingerprint density at radius 1 is 1.11 bits per heavy atom. The number of halogens is 2. The van der Waals surface area contributed by atoms with Gasteiger partial charge >= 0.3 is 5.97 Å². The smallest absolute Gasteiger partial charge is 0.335 e. The lowest BCUT2D eigenvalue weighted by Gasteiger charge is -2.05. The van der Waals surface area contributed by atoms with Crippen molar-refractivity contribution in [2.75, 3.05) is 0 Å². The standard InChI is InChI=1S/C13H8Br2O2S/c14-9-2-1-3-10(7-9)18-12-5-4-8(13(16)17)6-11(12)15/h1-7H,(H,16,17). The van der Waals surface area contributed by atoms with Crippen LogP contribution >= 0.6 is 43.6 Å². The van der Waals surface area contributed by atoms with E-state index in [1.807, 2.05) is 24.3 Å². The number of carboxylic acids is 1. The second kappa shape index (κ2) is 5.91. The summed E-state index contributed by atoms with van der Waals surface area (Å²) in [5, 5.41) is 8.89. The topological polar surface area (TPSA) is 37.3 Å². The average Bonchev–Trinajstić information content (AvgIpc) is 2.31. The zero-order chi connectivity index (χ0) is 13.1. The third kappa shape index (κ3) is 3.37. The van der Waals surface area contributed by atoms with Crippen molar-refractivity contribution in [1.29, 1.82) is 0 Å². The van der Waals surface area contributed by atoms with Gasteiger partial charge in [-0.3, -0.25) is 0 Å². The molecule has 0 amide bonds. The highest BCUT2D eigenvalue weighted by atomic mass is 79.9. The zero-order valence-corrected chi connectivity index (χ0v) is 13.0. The molecule has 0 bridgehead atoms. The predicted molar refractivity (Wildman–Crippen MR) is 79.4 cm³/mol. The molecule has 2 aromatic rings. The summed E-state index contributed by atoms with van der Waals surface area (Å²) in [4.78, 5) is 12.9. The first-order valence-corrected chi connectivity index (χ1v) is 7.43. The summed E-state index contributed by atoms with van der Waals surface area (Å²) >= 11 is 8.40. The van der Waals surface area contributed by atoms with Crippen molar-refractivity contribution in [1.82, 2.24) is 0 Å². The van der Waals surface area contributed by atoms with Gasteiger partial charge in [-0.1, -0.05) is 33.8 Å². The van der Waals surface area contributed by atoms with Gasteiger partial charge in [-0.05, 0) is 52.3 Å². The van der Waals surface area contributed by atoms with E-state index in [0.29, 0.717) is 0 Å². The summed E-state index contributed by atoms with van der Waals surface area (Å²) < 4.78 is 1.80. The van der Waals surface area contributed by atoms with Crippen LogP contribution in [0.1, 0.15) is 10.4 Å². The Kier molecular flexibility index (Phi) is 4.48. The molecule has 0 unspecified atom stereocenters. The lowest BCUT2D eigenvalue weighted by atomic mass is 10.2. The van der Waals surface area contributed by atoms with Gasteiger partial charge in [0.05, 0.1) is 5.56 Å². The lowest BCUT2D eigenvalue weighted by molar-refractivity contribution is 0.0696. The molecule has 0 atom stereocenters. The molecule has 2 rings (SSSR count). The van der Waals surface area contributed by atoms with Crippen molar-refractivity contribution in [3.63, 3.8) is 0 Å². The minimum absolute atomic E-state index is 0.278. The average molecular weight is 388 g/mol. The van der Waals surface area contributed by atoms with Crippen LogP contribution in [0.15, 0.2) is 61.2 Å². The van der Waals surface area contributed by atoms with E-state index in [2.05, 4.69) is 31.9 Å². The number of carboxylic acid groups (broad SMARTS) is 1. The predicted octanol–water partition coefficient (Wildman–Crippen LogP) is 5.06. The van der Waals surface area contributed by atoms with E-state index in [1.165, 1.54) is 0 Å². The van der Waals surface area contributed by atoms with Crippen LogP contribution in [0.4, 0.5) is 0 Å². The molecular weight excluding hydrogens is 380 g/mol. The van der Waals surface area contributed by atoms with Crippen LogP contribution in [0.25, 0.3) is 0 Å². The summed E-state index contributed by atoms with van der Waals surface area (Å²) in [6, 6.07) is 13.0. The van der Waals surface area contributed by atoms with Crippen LogP contribution in [0.2, 0.25) is 0 Å².